The zero-order valence-electron chi connectivity index (χ0n) is 16.3. The van der Waals surface area contributed by atoms with Crippen molar-refractivity contribution in [1.82, 2.24) is 10.6 Å². The second-order valence-electron chi connectivity index (χ2n) is 7.75. The van der Waals surface area contributed by atoms with Crippen molar-refractivity contribution in [2.45, 2.75) is 30.9 Å². The number of urea groups is 1. The molecule has 0 bridgehead atoms. The second kappa shape index (κ2) is 8.50. The van der Waals surface area contributed by atoms with Crippen molar-refractivity contribution < 1.29 is 9.90 Å². The lowest BCUT2D eigenvalue weighted by Gasteiger charge is -2.34. The highest BCUT2D eigenvalue weighted by Crippen LogP contribution is 2.28. The maximum atomic E-state index is 12.7. The Kier molecular flexibility index (Phi) is 5.63. The summed E-state index contributed by atoms with van der Waals surface area (Å²) in [7, 11) is 0. The molecule has 3 N–H and O–H groups in total. The zero-order valence-corrected chi connectivity index (χ0v) is 16.3. The molecule has 1 aliphatic carbocycles. The standard InChI is InChI=1S/C25H26N2O2/c28-24(26-18-25(29)16-15-19-9-7-8-14-22(19)17-25)27-23(20-10-3-1-4-11-20)21-12-5-2-6-13-21/h1-14,23,29H,15-18H2,(H2,26,27,28)/t25-/m0/s1. The number of hydrogen-bond acceptors (Lipinski definition) is 2. The van der Waals surface area contributed by atoms with E-state index in [2.05, 4.69) is 22.8 Å². The van der Waals surface area contributed by atoms with Crippen LogP contribution in [0.4, 0.5) is 4.79 Å². The van der Waals surface area contributed by atoms with Crippen molar-refractivity contribution in [1.29, 1.82) is 0 Å². The van der Waals surface area contributed by atoms with E-state index in [1.165, 1.54) is 5.56 Å². The van der Waals surface area contributed by atoms with Gasteiger partial charge in [-0.3, -0.25) is 0 Å². The number of carbonyl (C=O) groups excluding carboxylic acids is 1. The molecule has 0 unspecified atom stereocenters. The van der Waals surface area contributed by atoms with Crippen LogP contribution in [0.5, 0.6) is 0 Å². The molecule has 0 radical (unpaired) electrons. The molecular formula is C25H26N2O2. The van der Waals surface area contributed by atoms with E-state index in [0.29, 0.717) is 12.8 Å². The van der Waals surface area contributed by atoms with Gasteiger partial charge in [-0.25, -0.2) is 4.79 Å². The van der Waals surface area contributed by atoms with Crippen LogP contribution >= 0.6 is 0 Å². The summed E-state index contributed by atoms with van der Waals surface area (Å²) >= 11 is 0. The van der Waals surface area contributed by atoms with Crippen LogP contribution in [0.3, 0.4) is 0 Å². The Balaban J connectivity index is 1.42. The Morgan fingerprint density at radius 2 is 1.41 bits per heavy atom. The fraction of sp³-hybridized carbons (Fsp3) is 0.240. The number of aliphatic hydroxyl groups is 1. The highest BCUT2D eigenvalue weighted by molar-refractivity contribution is 5.75. The molecule has 0 spiro atoms. The molecule has 148 valence electrons. The van der Waals surface area contributed by atoms with Crippen molar-refractivity contribution in [2.75, 3.05) is 6.54 Å². The van der Waals surface area contributed by atoms with E-state index in [4.69, 9.17) is 0 Å². The van der Waals surface area contributed by atoms with Gasteiger partial charge in [-0.1, -0.05) is 84.9 Å². The second-order valence-corrected chi connectivity index (χ2v) is 7.75. The number of fused-ring (bicyclic) bond motifs is 1. The van der Waals surface area contributed by atoms with Gasteiger partial charge in [-0.15, -0.1) is 0 Å². The summed E-state index contributed by atoms with van der Waals surface area (Å²) in [5.41, 5.74) is 3.56. The number of rotatable bonds is 5. The van der Waals surface area contributed by atoms with Gasteiger partial charge in [0.2, 0.25) is 0 Å². The van der Waals surface area contributed by atoms with E-state index in [-0.39, 0.29) is 18.6 Å². The van der Waals surface area contributed by atoms with E-state index in [1.54, 1.807) is 0 Å². The molecule has 1 atom stereocenters. The highest BCUT2D eigenvalue weighted by atomic mass is 16.3. The van der Waals surface area contributed by atoms with E-state index >= 15 is 0 Å². The van der Waals surface area contributed by atoms with Gasteiger partial charge in [0.25, 0.3) is 0 Å². The summed E-state index contributed by atoms with van der Waals surface area (Å²) in [6.07, 6.45) is 2.03. The quantitative estimate of drug-likeness (QED) is 0.621. The molecule has 4 heteroatoms. The first-order valence-electron chi connectivity index (χ1n) is 10.1. The monoisotopic (exact) mass is 386 g/mol. The Bertz CT molecular complexity index is 919. The summed E-state index contributed by atoms with van der Waals surface area (Å²) in [4.78, 5) is 12.7. The molecule has 3 aromatic carbocycles. The topological polar surface area (TPSA) is 61.4 Å². The van der Waals surface area contributed by atoms with Crippen molar-refractivity contribution in [3.63, 3.8) is 0 Å². The predicted octanol–water partition coefficient (Wildman–Crippen LogP) is 4.00. The molecule has 0 fully saturated rings. The molecule has 0 saturated heterocycles. The smallest absolute Gasteiger partial charge is 0.315 e. The van der Waals surface area contributed by atoms with Crippen LogP contribution in [0.25, 0.3) is 0 Å². The maximum absolute atomic E-state index is 12.7. The van der Waals surface area contributed by atoms with Gasteiger partial charge >= 0.3 is 6.03 Å². The van der Waals surface area contributed by atoms with Crippen LogP contribution in [0.15, 0.2) is 84.9 Å². The number of carbonyl (C=O) groups is 1. The zero-order chi connectivity index (χ0) is 20.1. The first kappa shape index (κ1) is 19.2. The molecule has 4 nitrogen and oxygen atoms in total. The third-order valence-corrected chi connectivity index (χ3v) is 5.62. The highest BCUT2D eigenvalue weighted by Gasteiger charge is 2.32. The summed E-state index contributed by atoms with van der Waals surface area (Å²) < 4.78 is 0. The molecule has 1 aliphatic rings. The Morgan fingerprint density at radius 3 is 2.03 bits per heavy atom. The third kappa shape index (κ3) is 4.66. The SMILES string of the molecule is O=C(NC[C@]1(O)CCc2ccccc2C1)NC(c1ccccc1)c1ccccc1. The van der Waals surface area contributed by atoms with Crippen molar-refractivity contribution in [3.8, 4) is 0 Å². The summed E-state index contributed by atoms with van der Waals surface area (Å²) in [5, 5.41) is 17.0. The number of nitrogens with one attached hydrogen (secondary N) is 2. The third-order valence-electron chi connectivity index (χ3n) is 5.62. The number of benzene rings is 3. The molecule has 3 aromatic rings. The summed E-state index contributed by atoms with van der Waals surface area (Å²) in [6.45, 7) is 0.226. The average Bonchev–Trinajstić information content (AvgIpc) is 2.77. The van der Waals surface area contributed by atoms with Crippen LogP contribution in [0, 0.1) is 0 Å². The number of amides is 2. The Labute approximate surface area is 171 Å². The van der Waals surface area contributed by atoms with Crippen LogP contribution in [0.1, 0.15) is 34.7 Å². The van der Waals surface area contributed by atoms with Crippen molar-refractivity contribution in [3.05, 3.63) is 107 Å². The minimum Gasteiger partial charge on any atom is -0.388 e. The molecule has 4 rings (SSSR count). The summed E-state index contributed by atoms with van der Waals surface area (Å²) in [5.74, 6) is 0. The fourth-order valence-electron chi connectivity index (χ4n) is 4.01. The fourth-order valence-corrected chi connectivity index (χ4v) is 4.01. The maximum Gasteiger partial charge on any atom is 0.315 e. The van der Waals surface area contributed by atoms with Crippen LogP contribution in [-0.2, 0) is 12.8 Å². The van der Waals surface area contributed by atoms with Crippen LogP contribution in [0.2, 0.25) is 0 Å². The van der Waals surface area contributed by atoms with Gasteiger partial charge in [-0.05, 0) is 35.1 Å². The normalized spacial score (nSPS) is 18.1. The first-order chi connectivity index (χ1) is 14.1. The predicted molar refractivity (Wildman–Crippen MR) is 115 cm³/mol. The minimum absolute atomic E-state index is 0.226. The van der Waals surface area contributed by atoms with Crippen molar-refractivity contribution >= 4 is 6.03 Å². The first-order valence-corrected chi connectivity index (χ1v) is 10.1. The van der Waals surface area contributed by atoms with E-state index < -0.39 is 5.60 Å². The number of aryl methyl sites for hydroxylation is 1. The molecule has 29 heavy (non-hydrogen) atoms. The molecular weight excluding hydrogens is 360 g/mol. The van der Waals surface area contributed by atoms with Gasteiger partial charge < -0.3 is 15.7 Å². The van der Waals surface area contributed by atoms with Gasteiger partial charge in [0.15, 0.2) is 0 Å². The van der Waals surface area contributed by atoms with Gasteiger partial charge in [0, 0.05) is 13.0 Å². The largest absolute Gasteiger partial charge is 0.388 e. The molecule has 0 aliphatic heterocycles. The van der Waals surface area contributed by atoms with E-state index in [1.807, 2.05) is 72.8 Å². The van der Waals surface area contributed by atoms with E-state index in [0.717, 1.165) is 23.1 Å². The molecule has 2 amide bonds. The number of hydrogen-bond donors (Lipinski definition) is 3. The summed E-state index contributed by atoms with van der Waals surface area (Å²) in [6, 6.07) is 27.5. The lowest BCUT2D eigenvalue weighted by Crippen LogP contribution is -2.49. The lowest BCUT2D eigenvalue weighted by atomic mass is 9.80. The lowest BCUT2D eigenvalue weighted by molar-refractivity contribution is 0.0290. The minimum atomic E-state index is -0.916. The van der Waals surface area contributed by atoms with Crippen LogP contribution in [-0.4, -0.2) is 23.3 Å². The average molecular weight is 386 g/mol. The van der Waals surface area contributed by atoms with Gasteiger partial charge in [0.05, 0.1) is 11.6 Å². The van der Waals surface area contributed by atoms with Gasteiger partial charge in [0.1, 0.15) is 0 Å². The van der Waals surface area contributed by atoms with Crippen molar-refractivity contribution in [2.24, 2.45) is 0 Å². The van der Waals surface area contributed by atoms with Gasteiger partial charge in [-0.2, -0.15) is 0 Å². The van der Waals surface area contributed by atoms with Crippen LogP contribution < -0.4 is 10.6 Å². The Morgan fingerprint density at radius 1 is 0.862 bits per heavy atom. The molecule has 0 saturated carbocycles. The molecule has 0 aromatic heterocycles. The Hall–Kier alpha value is -3.11. The van der Waals surface area contributed by atoms with E-state index in [9.17, 15) is 9.90 Å². The molecule has 0 heterocycles.